The summed E-state index contributed by atoms with van der Waals surface area (Å²) in [5.74, 6) is -1.03. The van der Waals surface area contributed by atoms with Gasteiger partial charge in [-0.05, 0) is 56.7 Å². The van der Waals surface area contributed by atoms with Gasteiger partial charge in [-0.1, -0.05) is 12.1 Å². The fraction of sp³-hybridized carbons (Fsp3) is 0.350. The second kappa shape index (κ2) is 9.72. The molecule has 2 aromatic rings. The average Bonchev–Trinajstić information content (AvgIpc) is 2.59. The Kier molecular flexibility index (Phi) is 7.63. The lowest BCUT2D eigenvalue weighted by atomic mass is 10.1. The molecule has 0 spiro atoms. The van der Waals surface area contributed by atoms with Crippen molar-refractivity contribution >= 4 is 46.2 Å². The third-order valence-corrected chi connectivity index (χ3v) is 4.17. The van der Waals surface area contributed by atoms with Crippen molar-refractivity contribution in [3.63, 3.8) is 0 Å². The SMILES string of the molecule is Cc1cc(N(C[C@@H](C)Cl)C[C@@H](C)Cl)ccc1N=Nc1ccccc1C(=O)O. The van der Waals surface area contributed by atoms with Gasteiger partial charge in [0, 0.05) is 29.5 Å². The third kappa shape index (κ3) is 6.22. The van der Waals surface area contributed by atoms with Crippen LogP contribution in [0.4, 0.5) is 17.1 Å². The molecular formula is C20H23Cl2N3O2. The molecule has 1 N–H and O–H groups in total. The zero-order valence-electron chi connectivity index (χ0n) is 15.6. The van der Waals surface area contributed by atoms with Gasteiger partial charge in [-0.3, -0.25) is 0 Å². The number of carboxylic acids is 1. The van der Waals surface area contributed by atoms with Gasteiger partial charge < -0.3 is 10.0 Å². The van der Waals surface area contributed by atoms with Crippen molar-refractivity contribution in [1.82, 2.24) is 0 Å². The topological polar surface area (TPSA) is 65.3 Å². The number of nitrogens with zero attached hydrogens (tertiary/aromatic N) is 3. The first kappa shape index (κ1) is 21.2. The maximum atomic E-state index is 11.3. The summed E-state index contributed by atoms with van der Waals surface area (Å²) in [7, 11) is 0. The highest BCUT2D eigenvalue weighted by Gasteiger charge is 2.13. The van der Waals surface area contributed by atoms with Crippen LogP contribution < -0.4 is 4.90 Å². The van der Waals surface area contributed by atoms with Gasteiger partial charge >= 0.3 is 5.97 Å². The lowest BCUT2D eigenvalue weighted by Crippen LogP contribution is -2.33. The largest absolute Gasteiger partial charge is 0.478 e. The van der Waals surface area contributed by atoms with Gasteiger partial charge in [-0.15, -0.1) is 28.3 Å². The van der Waals surface area contributed by atoms with E-state index in [-0.39, 0.29) is 16.3 Å². The maximum Gasteiger partial charge on any atom is 0.337 e. The predicted molar refractivity (Wildman–Crippen MR) is 112 cm³/mol. The number of carboxylic acid groups (broad SMARTS) is 1. The standard InChI is InChI=1S/C20H23Cl2N3O2/c1-13-10-16(25(11-14(2)21)12-15(3)22)8-9-18(13)23-24-19-7-5-4-6-17(19)20(26)27/h4-10,14-15H,11-12H2,1-3H3,(H,26,27)/t14-,15-/m1/s1. The quantitative estimate of drug-likeness (QED) is 0.420. The average molecular weight is 408 g/mol. The number of azo groups is 1. The first-order valence-electron chi connectivity index (χ1n) is 8.65. The highest BCUT2D eigenvalue weighted by molar-refractivity contribution is 6.21. The Morgan fingerprint density at radius 1 is 1.04 bits per heavy atom. The van der Waals surface area contributed by atoms with Crippen LogP contribution in [0, 0.1) is 6.92 Å². The number of halogens is 2. The summed E-state index contributed by atoms with van der Waals surface area (Å²) in [5.41, 5.74) is 3.06. The minimum Gasteiger partial charge on any atom is -0.478 e. The molecule has 2 aromatic carbocycles. The van der Waals surface area contributed by atoms with Gasteiger partial charge in [0.1, 0.15) is 5.69 Å². The molecule has 27 heavy (non-hydrogen) atoms. The molecule has 0 bridgehead atoms. The summed E-state index contributed by atoms with van der Waals surface area (Å²) in [6.07, 6.45) is 0. The molecule has 0 radical (unpaired) electrons. The number of hydrogen-bond acceptors (Lipinski definition) is 4. The number of hydrogen-bond donors (Lipinski definition) is 1. The second-order valence-corrected chi connectivity index (χ2v) is 7.95. The molecule has 0 unspecified atom stereocenters. The summed E-state index contributed by atoms with van der Waals surface area (Å²) >= 11 is 12.3. The molecular weight excluding hydrogens is 385 g/mol. The number of aryl methyl sites for hydroxylation is 1. The predicted octanol–water partition coefficient (Wildman–Crippen LogP) is 6.17. The van der Waals surface area contributed by atoms with Crippen molar-refractivity contribution < 1.29 is 9.90 Å². The molecule has 0 aromatic heterocycles. The molecule has 2 rings (SSSR count). The first-order valence-corrected chi connectivity index (χ1v) is 9.53. The summed E-state index contributed by atoms with van der Waals surface area (Å²) in [5, 5.41) is 17.6. The monoisotopic (exact) mass is 407 g/mol. The van der Waals surface area contributed by atoms with Crippen LogP contribution in [-0.2, 0) is 0 Å². The van der Waals surface area contributed by atoms with Gasteiger partial charge in [-0.2, -0.15) is 5.11 Å². The first-order chi connectivity index (χ1) is 12.8. The van der Waals surface area contributed by atoms with Gasteiger partial charge in [0.25, 0.3) is 0 Å². The van der Waals surface area contributed by atoms with E-state index in [1.807, 2.05) is 39.0 Å². The normalized spacial score (nSPS) is 13.5. The van der Waals surface area contributed by atoms with Crippen molar-refractivity contribution in [3.05, 3.63) is 53.6 Å². The van der Waals surface area contributed by atoms with E-state index in [0.717, 1.165) is 11.3 Å². The van der Waals surface area contributed by atoms with Crippen LogP contribution in [0.25, 0.3) is 0 Å². The molecule has 5 nitrogen and oxygen atoms in total. The number of alkyl halides is 2. The van der Waals surface area contributed by atoms with E-state index in [2.05, 4.69) is 15.1 Å². The van der Waals surface area contributed by atoms with Gasteiger partial charge in [-0.25, -0.2) is 4.79 Å². The number of carbonyl (C=O) groups is 1. The second-order valence-electron chi connectivity index (χ2n) is 6.46. The highest BCUT2D eigenvalue weighted by Crippen LogP contribution is 2.28. The number of aromatic carboxylic acids is 1. The van der Waals surface area contributed by atoms with Crippen LogP contribution in [0.1, 0.15) is 29.8 Å². The molecule has 0 amide bonds. The van der Waals surface area contributed by atoms with Gasteiger partial charge in [0.15, 0.2) is 0 Å². The Morgan fingerprint density at radius 3 is 2.19 bits per heavy atom. The lowest BCUT2D eigenvalue weighted by molar-refractivity contribution is 0.0697. The Bertz CT molecular complexity index is 813. The van der Waals surface area contributed by atoms with Crippen molar-refractivity contribution in [2.75, 3.05) is 18.0 Å². The minimum atomic E-state index is -1.03. The van der Waals surface area contributed by atoms with Gasteiger partial charge in [0.2, 0.25) is 0 Å². The molecule has 0 saturated heterocycles. The molecule has 0 fully saturated rings. The number of rotatable bonds is 8. The smallest absolute Gasteiger partial charge is 0.337 e. The van der Waals surface area contributed by atoms with E-state index < -0.39 is 5.97 Å². The molecule has 0 aliphatic heterocycles. The molecule has 0 aliphatic rings. The summed E-state index contributed by atoms with van der Waals surface area (Å²) in [6.45, 7) is 7.20. The fourth-order valence-corrected chi connectivity index (χ4v) is 3.02. The molecule has 0 heterocycles. The summed E-state index contributed by atoms with van der Waals surface area (Å²) in [4.78, 5) is 13.4. The van der Waals surface area contributed by atoms with E-state index in [9.17, 15) is 9.90 Å². The van der Waals surface area contributed by atoms with Crippen LogP contribution in [0.5, 0.6) is 0 Å². The summed E-state index contributed by atoms with van der Waals surface area (Å²) in [6, 6.07) is 12.3. The molecule has 144 valence electrons. The lowest BCUT2D eigenvalue weighted by Gasteiger charge is -2.27. The van der Waals surface area contributed by atoms with Gasteiger partial charge in [0.05, 0.1) is 11.3 Å². The molecule has 2 atom stereocenters. The third-order valence-electron chi connectivity index (χ3n) is 3.89. The van der Waals surface area contributed by atoms with E-state index >= 15 is 0 Å². The molecule has 0 saturated carbocycles. The van der Waals surface area contributed by atoms with Crippen LogP contribution in [-0.4, -0.2) is 34.9 Å². The number of benzene rings is 2. The van der Waals surface area contributed by atoms with Crippen LogP contribution >= 0.6 is 23.2 Å². The van der Waals surface area contributed by atoms with Crippen LogP contribution in [0.2, 0.25) is 0 Å². The zero-order chi connectivity index (χ0) is 20.0. The zero-order valence-corrected chi connectivity index (χ0v) is 17.1. The number of anilines is 1. The van der Waals surface area contributed by atoms with Crippen molar-refractivity contribution in [2.24, 2.45) is 10.2 Å². The Balaban J connectivity index is 2.27. The van der Waals surface area contributed by atoms with E-state index in [0.29, 0.717) is 24.5 Å². The maximum absolute atomic E-state index is 11.3. The Hall–Kier alpha value is -2.11. The van der Waals surface area contributed by atoms with Crippen molar-refractivity contribution in [3.8, 4) is 0 Å². The van der Waals surface area contributed by atoms with E-state index in [1.54, 1.807) is 18.2 Å². The van der Waals surface area contributed by atoms with Crippen LogP contribution in [0.15, 0.2) is 52.7 Å². The fourth-order valence-electron chi connectivity index (χ4n) is 2.69. The minimum absolute atomic E-state index is 0.00685. The van der Waals surface area contributed by atoms with Crippen molar-refractivity contribution in [2.45, 2.75) is 31.5 Å². The molecule has 7 heteroatoms. The van der Waals surface area contributed by atoms with E-state index in [1.165, 1.54) is 6.07 Å². The Labute approximate surface area is 169 Å². The van der Waals surface area contributed by atoms with Crippen molar-refractivity contribution in [1.29, 1.82) is 0 Å². The molecule has 0 aliphatic carbocycles. The summed E-state index contributed by atoms with van der Waals surface area (Å²) < 4.78 is 0. The Morgan fingerprint density at radius 2 is 1.63 bits per heavy atom. The van der Waals surface area contributed by atoms with E-state index in [4.69, 9.17) is 23.2 Å². The highest BCUT2D eigenvalue weighted by atomic mass is 35.5. The van der Waals surface area contributed by atoms with Crippen LogP contribution in [0.3, 0.4) is 0 Å².